The summed E-state index contributed by atoms with van der Waals surface area (Å²) >= 11 is 1.53. The van der Waals surface area contributed by atoms with E-state index >= 15 is 0 Å². The lowest BCUT2D eigenvalue weighted by molar-refractivity contribution is -0.138. The van der Waals surface area contributed by atoms with E-state index in [0.29, 0.717) is 13.1 Å². The minimum absolute atomic E-state index is 0.0258. The Bertz CT molecular complexity index is 499. The van der Waals surface area contributed by atoms with Crippen LogP contribution in [0.25, 0.3) is 0 Å². The lowest BCUT2D eigenvalue weighted by Gasteiger charge is -2.37. The quantitative estimate of drug-likeness (QED) is 0.889. The van der Waals surface area contributed by atoms with Gasteiger partial charge in [0.2, 0.25) is 11.8 Å². The van der Waals surface area contributed by atoms with E-state index in [1.165, 1.54) is 18.3 Å². The maximum atomic E-state index is 12.4. The zero-order valence-electron chi connectivity index (χ0n) is 12.5. The molecule has 1 aromatic rings. The van der Waals surface area contributed by atoms with Crippen LogP contribution in [0, 0.1) is 0 Å². The third kappa shape index (κ3) is 4.54. The van der Waals surface area contributed by atoms with E-state index in [-0.39, 0.29) is 24.3 Å². The zero-order valence-corrected chi connectivity index (χ0v) is 13.3. The normalized spacial score (nSPS) is 23.7. The lowest BCUT2D eigenvalue weighted by Crippen LogP contribution is -2.49. The summed E-state index contributed by atoms with van der Waals surface area (Å²) in [5.74, 6) is -0.172. The van der Waals surface area contributed by atoms with Crippen LogP contribution in [-0.2, 0) is 9.59 Å². The Kier molecular flexibility index (Phi) is 5.00. The minimum Gasteiger partial charge on any atom is -0.388 e. The second-order valence-electron chi connectivity index (χ2n) is 5.89. The molecular weight excluding hydrogens is 288 g/mol. The third-order valence-electron chi connectivity index (χ3n) is 3.67. The van der Waals surface area contributed by atoms with Crippen LogP contribution in [0.5, 0.6) is 0 Å². The van der Waals surface area contributed by atoms with Crippen LogP contribution in [0.4, 0.5) is 0 Å². The number of thiophene rings is 1. The molecule has 0 aromatic carbocycles. The topological polar surface area (TPSA) is 69.6 Å². The number of nitrogens with one attached hydrogen (secondary N) is 1. The van der Waals surface area contributed by atoms with E-state index in [9.17, 15) is 14.7 Å². The summed E-state index contributed by atoms with van der Waals surface area (Å²) in [6.07, 6.45) is 1.76. The maximum Gasteiger partial charge on any atom is 0.225 e. The number of hydrogen-bond acceptors (Lipinski definition) is 4. The van der Waals surface area contributed by atoms with E-state index in [0.717, 1.165) is 17.7 Å². The Balaban J connectivity index is 2.02. The van der Waals surface area contributed by atoms with Gasteiger partial charge in [0.15, 0.2) is 0 Å². The molecule has 21 heavy (non-hydrogen) atoms. The van der Waals surface area contributed by atoms with E-state index in [2.05, 4.69) is 5.32 Å². The van der Waals surface area contributed by atoms with Gasteiger partial charge in [-0.25, -0.2) is 0 Å². The van der Waals surface area contributed by atoms with Crippen molar-refractivity contribution in [1.29, 1.82) is 0 Å². The molecule has 5 nitrogen and oxygen atoms in total. The Morgan fingerprint density at radius 2 is 2.33 bits per heavy atom. The monoisotopic (exact) mass is 310 g/mol. The molecule has 6 heteroatoms. The van der Waals surface area contributed by atoms with Crippen molar-refractivity contribution < 1.29 is 14.7 Å². The summed E-state index contributed by atoms with van der Waals surface area (Å²) in [5, 5.41) is 14.9. The highest BCUT2D eigenvalue weighted by atomic mass is 32.1. The molecule has 2 amide bonds. The molecule has 0 bridgehead atoms. The molecule has 0 spiro atoms. The van der Waals surface area contributed by atoms with Crippen LogP contribution >= 0.6 is 11.3 Å². The molecular formula is C15H22N2O3S. The first kappa shape index (κ1) is 16.0. The first-order chi connectivity index (χ1) is 9.87. The Labute approximate surface area is 129 Å². The van der Waals surface area contributed by atoms with E-state index < -0.39 is 5.60 Å². The fourth-order valence-electron chi connectivity index (χ4n) is 2.69. The van der Waals surface area contributed by atoms with Crippen LogP contribution in [-0.4, -0.2) is 40.5 Å². The number of amides is 2. The van der Waals surface area contributed by atoms with Crippen molar-refractivity contribution in [1.82, 2.24) is 10.2 Å². The summed E-state index contributed by atoms with van der Waals surface area (Å²) in [7, 11) is 0. The van der Waals surface area contributed by atoms with Crippen molar-refractivity contribution in [2.45, 2.75) is 44.8 Å². The number of carbonyl (C=O) groups excluding carboxylic acids is 2. The highest BCUT2D eigenvalue weighted by Crippen LogP contribution is 2.25. The molecule has 1 fully saturated rings. The Morgan fingerprint density at radius 1 is 1.57 bits per heavy atom. The van der Waals surface area contributed by atoms with Crippen molar-refractivity contribution in [3.8, 4) is 0 Å². The molecule has 0 saturated carbocycles. The first-order valence-electron chi connectivity index (χ1n) is 7.18. The van der Waals surface area contributed by atoms with Gasteiger partial charge in [0, 0.05) is 24.9 Å². The van der Waals surface area contributed by atoms with E-state index in [1.54, 1.807) is 11.8 Å². The fraction of sp³-hybridized carbons (Fsp3) is 0.600. The zero-order chi connectivity index (χ0) is 15.5. The summed E-state index contributed by atoms with van der Waals surface area (Å²) < 4.78 is 0. The molecule has 2 heterocycles. The average molecular weight is 310 g/mol. The Hall–Kier alpha value is -1.40. The molecule has 116 valence electrons. The van der Waals surface area contributed by atoms with Crippen LogP contribution < -0.4 is 5.32 Å². The molecule has 2 N–H and O–H groups in total. The van der Waals surface area contributed by atoms with Gasteiger partial charge in [-0.1, -0.05) is 6.07 Å². The summed E-state index contributed by atoms with van der Waals surface area (Å²) in [5.41, 5.74) is -0.805. The van der Waals surface area contributed by atoms with Crippen molar-refractivity contribution in [3.63, 3.8) is 0 Å². The van der Waals surface area contributed by atoms with Gasteiger partial charge in [0.25, 0.3) is 0 Å². The van der Waals surface area contributed by atoms with Crippen molar-refractivity contribution in [3.05, 3.63) is 22.4 Å². The number of rotatable bonds is 4. The lowest BCUT2D eigenvalue weighted by atomic mass is 9.94. The van der Waals surface area contributed by atoms with Gasteiger partial charge in [-0.15, -0.1) is 11.3 Å². The van der Waals surface area contributed by atoms with Crippen LogP contribution in [0.3, 0.4) is 0 Å². The molecule has 1 aromatic heterocycles. The molecule has 0 radical (unpaired) electrons. The number of piperidine rings is 1. The van der Waals surface area contributed by atoms with Gasteiger partial charge < -0.3 is 15.3 Å². The number of carbonyl (C=O) groups is 2. The van der Waals surface area contributed by atoms with Gasteiger partial charge in [0.05, 0.1) is 18.1 Å². The standard InChI is InChI=1S/C15H22N2O3S/c1-11(18)16-12(13-5-3-8-21-13)9-14(19)17-7-4-6-15(2,20)10-17/h3,5,8,12,20H,4,6-7,9-10H2,1-2H3,(H,16,18). The molecule has 2 atom stereocenters. The summed E-state index contributed by atoms with van der Waals surface area (Å²) in [4.78, 5) is 26.5. The second-order valence-corrected chi connectivity index (χ2v) is 6.87. The predicted molar refractivity (Wildman–Crippen MR) is 81.9 cm³/mol. The summed E-state index contributed by atoms with van der Waals surface area (Å²) in [6, 6.07) is 3.54. The maximum absolute atomic E-state index is 12.4. The van der Waals surface area contributed by atoms with Crippen molar-refractivity contribution in [2.24, 2.45) is 0 Å². The molecule has 2 unspecified atom stereocenters. The average Bonchev–Trinajstić information content (AvgIpc) is 2.89. The SMILES string of the molecule is CC(=O)NC(CC(=O)N1CCCC(C)(O)C1)c1cccs1. The largest absolute Gasteiger partial charge is 0.388 e. The van der Waals surface area contributed by atoms with E-state index in [1.807, 2.05) is 17.5 Å². The van der Waals surface area contributed by atoms with Gasteiger partial charge >= 0.3 is 0 Å². The predicted octanol–water partition coefficient (Wildman–Crippen LogP) is 1.69. The highest BCUT2D eigenvalue weighted by Gasteiger charge is 2.32. The van der Waals surface area contributed by atoms with Gasteiger partial charge in [-0.3, -0.25) is 9.59 Å². The van der Waals surface area contributed by atoms with Crippen molar-refractivity contribution >= 4 is 23.2 Å². The number of hydrogen-bond donors (Lipinski definition) is 2. The van der Waals surface area contributed by atoms with Crippen LogP contribution in [0.15, 0.2) is 17.5 Å². The van der Waals surface area contributed by atoms with Crippen molar-refractivity contribution in [2.75, 3.05) is 13.1 Å². The smallest absolute Gasteiger partial charge is 0.225 e. The van der Waals surface area contributed by atoms with Gasteiger partial charge in [-0.05, 0) is 31.2 Å². The second kappa shape index (κ2) is 6.58. The minimum atomic E-state index is -0.805. The number of nitrogens with zero attached hydrogens (tertiary/aromatic N) is 1. The fourth-order valence-corrected chi connectivity index (χ4v) is 3.47. The number of β-amino-alcohol motifs (C(OH)–C–C–N with tert-alkyl or cyclic N) is 1. The highest BCUT2D eigenvalue weighted by molar-refractivity contribution is 7.10. The molecule has 1 aliphatic heterocycles. The number of aliphatic hydroxyl groups is 1. The van der Waals surface area contributed by atoms with Crippen LogP contribution in [0.2, 0.25) is 0 Å². The summed E-state index contributed by atoms with van der Waals surface area (Å²) in [6.45, 7) is 4.25. The molecule has 2 rings (SSSR count). The number of likely N-dealkylation sites (tertiary alicyclic amines) is 1. The Morgan fingerprint density at radius 3 is 2.90 bits per heavy atom. The third-order valence-corrected chi connectivity index (χ3v) is 4.66. The van der Waals surface area contributed by atoms with Gasteiger partial charge in [-0.2, -0.15) is 0 Å². The molecule has 1 aliphatic rings. The van der Waals surface area contributed by atoms with Gasteiger partial charge in [0.1, 0.15) is 0 Å². The molecule has 0 aliphatic carbocycles. The van der Waals surface area contributed by atoms with Crippen LogP contribution in [0.1, 0.15) is 44.0 Å². The first-order valence-corrected chi connectivity index (χ1v) is 8.06. The van der Waals surface area contributed by atoms with E-state index in [4.69, 9.17) is 0 Å². The molecule has 1 saturated heterocycles.